The summed E-state index contributed by atoms with van der Waals surface area (Å²) in [4.78, 5) is 40.2. The van der Waals surface area contributed by atoms with Crippen molar-refractivity contribution in [3.8, 4) is 0 Å². The molecule has 0 fully saturated rings. The fraction of sp³-hybridized carbons (Fsp3) is 0. The number of nitrogens with zero attached hydrogens (tertiary/aromatic N) is 3. The number of hydrogen-bond acceptors (Lipinski definition) is 7. The molecule has 2 aromatic rings. The Hall–Kier alpha value is -2.61. The van der Waals surface area contributed by atoms with Gasteiger partial charge in [-0.25, -0.2) is 4.79 Å². The molecular formula is C11H5N3O4S. The maximum atomic E-state index is 11.9. The molecule has 1 aliphatic rings. The van der Waals surface area contributed by atoms with Gasteiger partial charge >= 0.3 is 5.97 Å². The number of fused-ring (bicyclic) bond motifs is 1. The molecular weight excluding hydrogens is 270 g/mol. The summed E-state index contributed by atoms with van der Waals surface area (Å²) in [5.41, 5.74) is 1.76. The molecule has 19 heavy (non-hydrogen) atoms. The second-order valence-corrected chi connectivity index (χ2v) is 4.41. The third-order valence-electron chi connectivity index (χ3n) is 2.47. The van der Waals surface area contributed by atoms with E-state index in [1.54, 1.807) is 12.1 Å². The molecule has 2 heterocycles. The monoisotopic (exact) mass is 275 g/mol. The first kappa shape index (κ1) is 11.5. The summed E-state index contributed by atoms with van der Waals surface area (Å²) in [6.45, 7) is 0. The number of carbonyl (C=O) groups is 3. The second-order valence-electron chi connectivity index (χ2n) is 3.57. The van der Waals surface area contributed by atoms with Gasteiger partial charge in [0, 0.05) is 0 Å². The van der Waals surface area contributed by atoms with E-state index in [0.717, 1.165) is 11.3 Å². The van der Waals surface area contributed by atoms with Crippen molar-refractivity contribution in [2.75, 3.05) is 0 Å². The highest BCUT2D eigenvalue weighted by Crippen LogP contribution is 2.23. The Balaban J connectivity index is 1.87. The summed E-state index contributed by atoms with van der Waals surface area (Å²) in [5, 5.41) is 7.38. The van der Waals surface area contributed by atoms with E-state index in [4.69, 9.17) is 4.84 Å². The lowest BCUT2D eigenvalue weighted by molar-refractivity contribution is -0.0585. The first-order valence-corrected chi connectivity index (χ1v) is 6.02. The summed E-state index contributed by atoms with van der Waals surface area (Å²) < 4.78 is 0. The lowest BCUT2D eigenvalue weighted by Gasteiger charge is -2.10. The van der Waals surface area contributed by atoms with Gasteiger partial charge in [0.1, 0.15) is 5.51 Å². The molecule has 1 aromatic carbocycles. The molecule has 0 unspecified atom stereocenters. The Morgan fingerprint density at radius 3 is 2.32 bits per heavy atom. The Kier molecular flexibility index (Phi) is 2.57. The van der Waals surface area contributed by atoms with Gasteiger partial charge in [-0.15, -0.1) is 10.2 Å². The molecule has 8 heteroatoms. The average Bonchev–Trinajstić information content (AvgIpc) is 3.03. The highest BCUT2D eigenvalue weighted by atomic mass is 32.1. The van der Waals surface area contributed by atoms with E-state index in [0.29, 0.717) is 5.06 Å². The van der Waals surface area contributed by atoms with Crippen molar-refractivity contribution >= 4 is 29.1 Å². The van der Waals surface area contributed by atoms with Gasteiger partial charge < -0.3 is 4.84 Å². The Labute approximate surface area is 110 Å². The molecule has 0 radical (unpaired) electrons. The predicted molar refractivity (Wildman–Crippen MR) is 62.3 cm³/mol. The van der Waals surface area contributed by atoms with Crippen LogP contribution < -0.4 is 0 Å². The molecule has 0 atom stereocenters. The largest absolute Gasteiger partial charge is 0.394 e. The standard InChI is InChI=1S/C11H5N3O4S/c15-9-6-3-1-2-4-7(6)10(16)14(9)18-11(17)8-13-12-5-19-8/h1-5H. The van der Waals surface area contributed by atoms with E-state index < -0.39 is 17.8 Å². The van der Waals surface area contributed by atoms with E-state index in [9.17, 15) is 14.4 Å². The van der Waals surface area contributed by atoms with Crippen LogP contribution in [0.15, 0.2) is 29.8 Å². The van der Waals surface area contributed by atoms with Crippen LogP contribution in [0.25, 0.3) is 0 Å². The summed E-state index contributed by atoms with van der Waals surface area (Å²) >= 11 is 0.955. The van der Waals surface area contributed by atoms with Gasteiger partial charge in [0.2, 0.25) is 5.01 Å². The molecule has 1 aliphatic heterocycles. The number of imide groups is 1. The summed E-state index contributed by atoms with van der Waals surface area (Å²) in [5.74, 6) is -2.23. The van der Waals surface area contributed by atoms with Gasteiger partial charge in [-0.1, -0.05) is 28.5 Å². The second kappa shape index (κ2) is 4.25. The zero-order valence-electron chi connectivity index (χ0n) is 9.27. The number of rotatable bonds is 2. The first-order valence-electron chi connectivity index (χ1n) is 5.15. The summed E-state index contributed by atoms with van der Waals surface area (Å²) in [6.07, 6.45) is 0. The first-order chi connectivity index (χ1) is 9.18. The van der Waals surface area contributed by atoms with Crippen LogP contribution in [0.3, 0.4) is 0 Å². The topological polar surface area (TPSA) is 89.5 Å². The van der Waals surface area contributed by atoms with Crippen LogP contribution in [0.2, 0.25) is 0 Å². The van der Waals surface area contributed by atoms with Crippen LogP contribution in [-0.2, 0) is 4.84 Å². The number of amides is 2. The Morgan fingerprint density at radius 1 is 1.16 bits per heavy atom. The number of hydroxylamine groups is 2. The van der Waals surface area contributed by atoms with Crippen molar-refractivity contribution in [2.45, 2.75) is 0 Å². The van der Waals surface area contributed by atoms with Gasteiger partial charge in [-0.05, 0) is 12.1 Å². The van der Waals surface area contributed by atoms with E-state index in [1.165, 1.54) is 17.6 Å². The molecule has 2 amide bonds. The molecule has 94 valence electrons. The summed E-state index contributed by atoms with van der Waals surface area (Å²) in [7, 11) is 0. The van der Waals surface area contributed by atoms with Gasteiger partial charge in [-0.3, -0.25) is 9.59 Å². The predicted octanol–water partition coefficient (Wildman–Crippen LogP) is 0.906. The van der Waals surface area contributed by atoms with E-state index in [-0.39, 0.29) is 16.1 Å². The van der Waals surface area contributed by atoms with Crippen molar-refractivity contribution in [3.63, 3.8) is 0 Å². The maximum absolute atomic E-state index is 11.9. The quantitative estimate of drug-likeness (QED) is 0.757. The van der Waals surface area contributed by atoms with Crippen LogP contribution in [0, 0.1) is 0 Å². The lowest BCUT2D eigenvalue weighted by Crippen LogP contribution is -2.32. The molecule has 0 saturated carbocycles. The third-order valence-corrected chi connectivity index (χ3v) is 3.14. The third kappa shape index (κ3) is 1.78. The number of carbonyl (C=O) groups excluding carboxylic acids is 3. The van der Waals surface area contributed by atoms with E-state index in [2.05, 4.69) is 10.2 Å². The van der Waals surface area contributed by atoms with Crippen LogP contribution >= 0.6 is 11.3 Å². The van der Waals surface area contributed by atoms with Gasteiger partial charge in [0.25, 0.3) is 11.8 Å². The molecule has 0 spiro atoms. The van der Waals surface area contributed by atoms with Crippen molar-refractivity contribution < 1.29 is 19.2 Å². The molecule has 1 aromatic heterocycles. The van der Waals surface area contributed by atoms with Gasteiger partial charge in [-0.2, -0.15) is 0 Å². The minimum atomic E-state index is -0.892. The smallest absolute Gasteiger partial charge is 0.321 e. The average molecular weight is 275 g/mol. The van der Waals surface area contributed by atoms with Gasteiger partial charge in [0.15, 0.2) is 0 Å². The van der Waals surface area contributed by atoms with Crippen LogP contribution in [0.5, 0.6) is 0 Å². The zero-order chi connectivity index (χ0) is 13.4. The van der Waals surface area contributed by atoms with Crippen molar-refractivity contribution in [3.05, 3.63) is 45.9 Å². The fourth-order valence-corrected chi connectivity index (χ4v) is 2.06. The van der Waals surface area contributed by atoms with E-state index >= 15 is 0 Å². The van der Waals surface area contributed by atoms with E-state index in [1.807, 2.05) is 0 Å². The number of aromatic nitrogens is 2. The lowest BCUT2D eigenvalue weighted by atomic mass is 10.1. The van der Waals surface area contributed by atoms with Crippen LogP contribution in [0.1, 0.15) is 30.5 Å². The normalized spacial score (nSPS) is 13.6. The zero-order valence-corrected chi connectivity index (χ0v) is 10.1. The Bertz CT molecular complexity index is 648. The van der Waals surface area contributed by atoms with Crippen molar-refractivity contribution in [1.29, 1.82) is 0 Å². The van der Waals surface area contributed by atoms with Crippen molar-refractivity contribution in [2.24, 2.45) is 0 Å². The highest BCUT2D eigenvalue weighted by molar-refractivity contribution is 7.11. The Morgan fingerprint density at radius 2 is 1.79 bits per heavy atom. The molecule has 7 nitrogen and oxygen atoms in total. The molecule has 0 aliphatic carbocycles. The maximum Gasteiger partial charge on any atom is 0.394 e. The van der Waals surface area contributed by atoms with Crippen molar-refractivity contribution in [1.82, 2.24) is 15.3 Å². The minimum absolute atomic E-state index is 0.0310. The number of hydrogen-bond donors (Lipinski definition) is 0. The van der Waals surface area contributed by atoms with Gasteiger partial charge in [0.05, 0.1) is 11.1 Å². The van der Waals surface area contributed by atoms with Crippen LogP contribution in [-0.4, -0.2) is 33.0 Å². The molecule has 0 saturated heterocycles. The minimum Gasteiger partial charge on any atom is -0.321 e. The fourth-order valence-electron chi connectivity index (χ4n) is 1.63. The molecule has 3 rings (SSSR count). The van der Waals surface area contributed by atoms with Crippen LogP contribution in [0.4, 0.5) is 0 Å². The molecule has 0 bridgehead atoms. The highest BCUT2D eigenvalue weighted by Gasteiger charge is 2.39. The summed E-state index contributed by atoms with van der Waals surface area (Å²) in [6, 6.07) is 6.24. The molecule has 0 N–H and O–H groups in total. The number of benzene rings is 1. The SMILES string of the molecule is O=C(ON1C(=O)c2ccccc2C1=O)c1nncs1.